The van der Waals surface area contributed by atoms with Crippen LogP contribution in [-0.4, -0.2) is 32.7 Å². The Labute approximate surface area is 121 Å². The highest BCUT2D eigenvalue weighted by Crippen LogP contribution is 2.33. The summed E-state index contributed by atoms with van der Waals surface area (Å²) < 4.78 is 5.54. The van der Waals surface area contributed by atoms with Crippen molar-refractivity contribution in [3.05, 3.63) is 29.8 Å². The van der Waals surface area contributed by atoms with E-state index in [1.165, 1.54) is 5.56 Å². The van der Waals surface area contributed by atoms with E-state index < -0.39 is 0 Å². The van der Waals surface area contributed by atoms with Crippen LogP contribution < -0.4 is 10.2 Å². The first-order chi connectivity index (χ1) is 9.74. The second-order valence-corrected chi connectivity index (χ2v) is 5.19. The summed E-state index contributed by atoms with van der Waals surface area (Å²) in [4.78, 5) is 13.7. The largest absolute Gasteiger partial charge is 0.380 e. The average molecular weight is 276 g/mol. The highest BCUT2D eigenvalue weighted by molar-refractivity contribution is 5.96. The summed E-state index contributed by atoms with van der Waals surface area (Å²) in [5, 5.41) is 3.43. The van der Waals surface area contributed by atoms with Gasteiger partial charge in [-0.25, -0.2) is 0 Å². The van der Waals surface area contributed by atoms with Crippen molar-refractivity contribution in [2.75, 3.05) is 31.7 Å². The van der Waals surface area contributed by atoms with E-state index in [-0.39, 0.29) is 11.9 Å². The predicted molar refractivity (Wildman–Crippen MR) is 80.9 cm³/mol. The van der Waals surface area contributed by atoms with Crippen LogP contribution in [0.4, 0.5) is 5.69 Å². The molecule has 0 bridgehead atoms. The van der Waals surface area contributed by atoms with Crippen molar-refractivity contribution in [3.63, 3.8) is 0 Å². The first-order valence-corrected chi connectivity index (χ1v) is 7.40. The Morgan fingerprint density at radius 3 is 2.95 bits per heavy atom. The van der Waals surface area contributed by atoms with Gasteiger partial charge in [-0.1, -0.05) is 31.5 Å². The first-order valence-electron chi connectivity index (χ1n) is 7.40. The zero-order chi connectivity index (χ0) is 14.4. The van der Waals surface area contributed by atoms with E-state index >= 15 is 0 Å². The molecule has 20 heavy (non-hydrogen) atoms. The molecule has 2 rings (SSSR count). The van der Waals surface area contributed by atoms with Crippen molar-refractivity contribution in [1.82, 2.24) is 5.32 Å². The number of hydrogen-bond donors (Lipinski definition) is 1. The van der Waals surface area contributed by atoms with E-state index in [4.69, 9.17) is 4.74 Å². The standard InChI is InChI=1S/C16H24N2O2/c1-3-4-10-20-11-9-17-14-12-16(19)18(2)15-8-6-5-7-13(14)15/h5-8,14,17H,3-4,9-12H2,1-2H3. The number of rotatable bonds is 7. The van der Waals surface area contributed by atoms with Gasteiger partial charge in [-0.15, -0.1) is 0 Å². The smallest absolute Gasteiger partial charge is 0.228 e. The number of unbranched alkanes of at least 4 members (excludes halogenated alkanes) is 1. The number of para-hydroxylation sites is 1. The zero-order valence-electron chi connectivity index (χ0n) is 12.4. The van der Waals surface area contributed by atoms with Crippen molar-refractivity contribution >= 4 is 11.6 Å². The quantitative estimate of drug-likeness (QED) is 0.778. The molecular formula is C16H24N2O2. The topological polar surface area (TPSA) is 41.6 Å². The van der Waals surface area contributed by atoms with E-state index in [1.807, 2.05) is 25.2 Å². The van der Waals surface area contributed by atoms with Crippen LogP contribution in [0.2, 0.25) is 0 Å². The third-order valence-corrected chi connectivity index (χ3v) is 3.71. The molecule has 1 aromatic carbocycles. The van der Waals surface area contributed by atoms with Gasteiger partial charge >= 0.3 is 0 Å². The monoisotopic (exact) mass is 276 g/mol. The molecule has 0 fully saturated rings. The Morgan fingerprint density at radius 1 is 1.35 bits per heavy atom. The van der Waals surface area contributed by atoms with Gasteiger partial charge in [0.05, 0.1) is 6.61 Å². The maximum atomic E-state index is 12.0. The molecule has 0 saturated carbocycles. The second kappa shape index (κ2) is 7.41. The predicted octanol–water partition coefficient (Wildman–Crippen LogP) is 2.50. The molecule has 1 atom stereocenters. The number of hydrogen-bond acceptors (Lipinski definition) is 3. The van der Waals surface area contributed by atoms with Gasteiger partial charge in [0.15, 0.2) is 0 Å². The van der Waals surface area contributed by atoms with Gasteiger partial charge in [0, 0.05) is 38.3 Å². The molecule has 0 aromatic heterocycles. The van der Waals surface area contributed by atoms with E-state index in [1.54, 1.807) is 4.90 Å². The Kier molecular flexibility index (Phi) is 5.56. The summed E-state index contributed by atoms with van der Waals surface area (Å²) in [6, 6.07) is 8.19. The summed E-state index contributed by atoms with van der Waals surface area (Å²) in [6.45, 7) is 4.45. The number of anilines is 1. The normalized spacial score (nSPS) is 18.2. The van der Waals surface area contributed by atoms with Gasteiger partial charge in [0.1, 0.15) is 0 Å². The van der Waals surface area contributed by atoms with Crippen molar-refractivity contribution < 1.29 is 9.53 Å². The van der Waals surface area contributed by atoms with Gasteiger partial charge in [0.25, 0.3) is 0 Å². The minimum absolute atomic E-state index is 0.102. The molecule has 1 aromatic rings. The number of benzene rings is 1. The van der Waals surface area contributed by atoms with E-state index in [0.29, 0.717) is 13.0 Å². The molecule has 1 N–H and O–H groups in total. The summed E-state index contributed by atoms with van der Waals surface area (Å²) >= 11 is 0. The van der Waals surface area contributed by atoms with Crippen LogP contribution >= 0.6 is 0 Å². The minimum Gasteiger partial charge on any atom is -0.380 e. The van der Waals surface area contributed by atoms with Gasteiger partial charge < -0.3 is 15.0 Å². The van der Waals surface area contributed by atoms with Crippen LogP contribution in [-0.2, 0) is 9.53 Å². The molecule has 1 aliphatic heterocycles. The van der Waals surface area contributed by atoms with Crippen molar-refractivity contribution in [2.24, 2.45) is 0 Å². The molecule has 4 heteroatoms. The van der Waals surface area contributed by atoms with Gasteiger partial charge in [-0.05, 0) is 18.1 Å². The van der Waals surface area contributed by atoms with Crippen LogP contribution in [0.1, 0.15) is 37.8 Å². The summed E-state index contributed by atoms with van der Waals surface area (Å²) in [5.41, 5.74) is 2.20. The highest BCUT2D eigenvalue weighted by atomic mass is 16.5. The lowest BCUT2D eigenvalue weighted by Gasteiger charge is -2.32. The molecule has 0 saturated heterocycles. The summed E-state index contributed by atoms with van der Waals surface area (Å²) in [6.07, 6.45) is 2.78. The Hall–Kier alpha value is -1.39. The Bertz CT molecular complexity index is 448. The number of carbonyl (C=O) groups excluding carboxylic acids is 1. The second-order valence-electron chi connectivity index (χ2n) is 5.19. The molecule has 1 unspecified atom stereocenters. The SMILES string of the molecule is CCCCOCCNC1CC(=O)N(C)c2ccccc21. The minimum atomic E-state index is 0.102. The Morgan fingerprint density at radius 2 is 2.15 bits per heavy atom. The lowest BCUT2D eigenvalue weighted by atomic mass is 9.96. The number of fused-ring (bicyclic) bond motifs is 1. The molecule has 4 nitrogen and oxygen atoms in total. The lowest BCUT2D eigenvalue weighted by molar-refractivity contribution is -0.119. The number of nitrogens with zero attached hydrogens (tertiary/aromatic N) is 1. The molecular weight excluding hydrogens is 252 g/mol. The third-order valence-electron chi connectivity index (χ3n) is 3.71. The van der Waals surface area contributed by atoms with E-state index in [2.05, 4.69) is 18.3 Å². The number of ether oxygens (including phenoxy) is 1. The fourth-order valence-corrected chi connectivity index (χ4v) is 2.48. The van der Waals surface area contributed by atoms with Crippen molar-refractivity contribution in [3.8, 4) is 0 Å². The van der Waals surface area contributed by atoms with Crippen molar-refractivity contribution in [2.45, 2.75) is 32.2 Å². The summed E-state index contributed by atoms with van der Waals surface area (Å²) in [7, 11) is 1.84. The molecule has 0 radical (unpaired) electrons. The fraction of sp³-hybridized carbons (Fsp3) is 0.562. The number of carbonyl (C=O) groups is 1. The molecule has 1 amide bonds. The lowest BCUT2D eigenvalue weighted by Crippen LogP contribution is -2.38. The Balaban J connectivity index is 1.89. The first kappa shape index (κ1) is 15.0. The molecule has 1 heterocycles. The fourth-order valence-electron chi connectivity index (χ4n) is 2.48. The summed E-state index contributed by atoms with van der Waals surface area (Å²) in [5.74, 6) is 0.160. The van der Waals surface area contributed by atoms with Crippen LogP contribution in [0.15, 0.2) is 24.3 Å². The van der Waals surface area contributed by atoms with Crippen molar-refractivity contribution in [1.29, 1.82) is 0 Å². The van der Waals surface area contributed by atoms with Crippen LogP contribution in [0.5, 0.6) is 0 Å². The third kappa shape index (κ3) is 3.58. The highest BCUT2D eigenvalue weighted by Gasteiger charge is 2.28. The van der Waals surface area contributed by atoms with E-state index in [0.717, 1.165) is 31.7 Å². The molecule has 0 spiro atoms. The van der Waals surface area contributed by atoms with Crippen LogP contribution in [0, 0.1) is 0 Å². The average Bonchev–Trinajstić information content (AvgIpc) is 2.47. The number of nitrogens with one attached hydrogen (secondary N) is 1. The maximum Gasteiger partial charge on any atom is 0.228 e. The molecule has 110 valence electrons. The van der Waals surface area contributed by atoms with Crippen LogP contribution in [0.3, 0.4) is 0 Å². The molecule has 1 aliphatic rings. The van der Waals surface area contributed by atoms with Crippen LogP contribution in [0.25, 0.3) is 0 Å². The maximum absolute atomic E-state index is 12.0. The molecule has 0 aliphatic carbocycles. The van der Waals surface area contributed by atoms with Gasteiger partial charge in [0.2, 0.25) is 5.91 Å². The van der Waals surface area contributed by atoms with E-state index in [9.17, 15) is 4.79 Å². The number of amides is 1. The van der Waals surface area contributed by atoms with Gasteiger partial charge in [-0.2, -0.15) is 0 Å². The van der Waals surface area contributed by atoms with Gasteiger partial charge in [-0.3, -0.25) is 4.79 Å². The zero-order valence-corrected chi connectivity index (χ0v) is 12.4.